The predicted octanol–water partition coefficient (Wildman–Crippen LogP) is -0.0131. The van der Waals surface area contributed by atoms with Crippen molar-refractivity contribution in [2.45, 2.75) is 12.5 Å². The predicted molar refractivity (Wildman–Crippen MR) is 67.2 cm³/mol. The van der Waals surface area contributed by atoms with Crippen molar-refractivity contribution in [1.82, 2.24) is 10.6 Å². The average Bonchev–Trinajstić information content (AvgIpc) is 2.36. The summed E-state index contributed by atoms with van der Waals surface area (Å²) in [6.07, 6.45) is -0.191. The number of nitrogens with one attached hydrogen (secondary N) is 2. The number of aliphatic carboxylic acids is 1. The standard InChI is InChI=1S/C12H15N3O4/c13-12(19)15-10(8-4-2-1-3-5-8)11(18)14-7-6-9(16)17/h1-5,10H,6-7H2,(H,14,18)(H,16,17)(H3,13,15,19). The number of hydrogen-bond acceptors (Lipinski definition) is 3. The van der Waals surface area contributed by atoms with Gasteiger partial charge in [-0.2, -0.15) is 0 Å². The maximum Gasteiger partial charge on any atom is 0.313 e. The van der Waals surface area contributed by atoms with Crippen molar-refractivity contribution >= 4 is 17.9 Å². The van der Waals surface area contributed by atoms with Gasteiger partial charge in [-0.05, 0) is 5.56 Å². The van der Waals surface area contributed by atoms with Gasteiger partial charge in [0.1, 0.15) is 6.04 Å². The van der Waals surface area contributed by atoms with Crippen LogP contribution in [0.25, 0.3) is 0 Å². The fourth-order valence-electron chi connectivity index (χ4n) is 1.48. The zero-order chi connectivity index (χ0) is 14.3. The second-order valence-corrected chi connectivity index (χ2v) is 3.79. The van der Waals surface area contributed by atoms with Gasteiger partial charge in [-0.3, -0.25) is 9.59 Å². The maximum atomic E-state index is 11.9. The number of benzene rings is 1. The van der Waals surface area contributed by atoms with Crippen molar-refractivity contribution in [3.05, 3.63) is 35.9 Å². The largest absolute Gasteiger partial charge is 0.481 e. The first-order valence-corrected chi connectivity index (χ1v) is 5.61. The van der Waals surface area contributed by atoms with Crippen LogP contribution < -0.4 is 16.4 Å². The first-order valence-electron chi connectivity index (χ1n) is 5.61. The molecule has 0 saturated carbocycles. The van der Waals surface area contributed by atoms with Crippen LogP contribution in [0.4, 0.5) is 4.79 Å². The van der Waals surface area contributed by atoms with Crippen LogP contribution in [0.2, 0.25) is 0 Å². The van der Waals surface area contributed by atoms with Gasteiger partial charge in [0.25, 0.3) is 0 Å². The number of rotatable bonds is 6. The van der Waals surface area contributed by atoms with Crippen molar-refractivity contribution in [2.75, 3.05) is 6.54 Å². The molecule has 0 radical (unpaired) electrons. The number of carboxylic acid groups (broad SMARTS) is 1. The Morgan fingerprint density at radius 1 is 1.21 bits per heavy atom. The van der Waals surface area contributed by atoms with E-state index in [2.05, 4.69) is 10.6 Å². The lowest BCUT2D eigenvalue weighted by Crippen LogP contribution is -2.43. The molecule has 1 aromatic carbocycles. The van der Waals surface area contributed by atoms with Crippen molar-refractivity contribution < 1.29 is 19.5 Å². The minimum absolute atomic E-state index is 0.0159. The lowest BCUT2D eigenvalue weighted by molar-refractivity contribution is -0.137. The molecule has 0 aliphatic heterocycles. The molecule has 0 fully saturated rings. The summed E-state index contributed by atoms with van der Waals surface area (Å²) in [6, 6.07) is 6.77. The normalized spacial score (nSPS) is 11.4. The quantitative estimate of drug-likeness (QED) is 0.577. The highest BCUT2D eigenvalue weighted by Gasteiger charge is 2.21. The van der Waals surface area contributed by atoms with E-state index in [-0.39, 0.29) is 13.0 Å². The van der Waals surface area contributed by atoms with Crippen molar-refractivity contribution in [2.24, 2.45) is 5.73 Å². The summed E-state index contributed by atoms with van der Waals surface area (Å²) in [5, 5.41) is 13.2. The summed E-state index contributed by atoms with van der Waals surface area (Å²) in [6.45, 7) is -0.0159. The summed E-state index contributed by atoms with van der Waals surface area (Å²) >= 11 is 0. The summed E-state index contributed by atoms with van der Waals surface area (Å²) in [4.78, 5) is 33.2. The monoisotopic (exact) mass is 265 g/mol. The fourth-order valence-corrected chi connectivity index (χ4v) is 1.48. The van der Waals surface area contributed by atoms with Crippen LogP contribution in [0.1, 0.15) is 18.0 Å². The first-order chi connectivity index (χ1) is 9.00. The molecule has 7 heteroatoms. The average molecular weight is 265 g/mol. The highest BCUT2D eigenvalue weighted by molar-refractivity contribution is 5.87. The van der Waals surface area contributed by atoms with E-state index in [4.69, 9.17) is 10.8 Å². The first kappa shape index (κ1) is 14.5. The summed E-state index contributed by atoms with van der Waals surface area (Å²) in [7, 11) is 0. The van der Waals surface area contributed by atoms with E-state index in [1.165, 1.54) is 0 Å². The second kappa shape index (κ2) is 7.00. The number of primary amides is 1. The Hall–Kier alpha value is -2.57. The lowest BCUT2D eigenvalue weighted by Gasteiger charge is -2.17. The molecule has 0 aromatic heterocycles. The fraction of sp³-hybridized carbons (Fsp3) is 0.250. The van der Waals surface area contributed by atoms with E-state index in [0.29, 0.717) is 5.56 Å². The van der Waals surface area contributed by atoms with Crippen LogP contribution in [0.5, 0.6) is 0 Å². The van der Waals surface area contributed by atoms with Gasteiger partial charge >= 0.3 is 12.0 Å². The Morgan fingerprint density at radius 2 is 1.84 bits per heavy atom. The zero-order valence-corrected chi connectivity index (χ0v) is 10.1. The van der Waals surface area contributed by atoms with Crippen LogP contribution in [0.15, 0.2) is 30.3 Å². The number of urea groups is 1. The third kappa shape index (κ3) is 5.07. The van der Waals surface area contributed by atoms with Gasteiger partial charge in [-0.15, -0.1) is 0 Å². The number of hydrogen-bond donors (Lipinski definition) is 4. The van der Waals surface area contributed by atoms with E-state index < -0.39 is 23.9 Å². The maximum absolute atomic E-state index is 11.9. The molecular weight excluding hydrogens is 250 g/mol. The van der Waals surface area contributed by atoms with Crippen LogP contribution in [0, 0.1) is 0 Å². The molecule has 5 N–H and O–H groups in total. The van der Waals surface area contributed by atoms with E-state index in [0.717, 1.165) is 0 Å². The molecule has 0 heterocycles. The number of nitrogens with two attached hydrogens (primary N) is 1. The number of carboxylic acids is 1. The summed E-state index contributed by atoms with van der Waals surface area (Å²) < 4.78 is 0. The minimum Gasteiger partial charge on any atom is -0.481 e. The van der Waals surface area contributed by atoms with E-state index in [1.54, 1.807) is 30.3 Å². The smallest absolute Gasteiger partial charge is 0.313 e. The summed E-state index contributed by atoms with van der Waals surface area (Å²) in [5.74, 6) is -1.52. The molecule has 1 atom stereocenters. The SMILES string of the molecule is NC(=O)NC(C(=O)NCCC(=O)O)c1ccccc1. The topological polar surface area (TPSA) is 122 Å². The van der Waals surface area contributed by atoms with Crippen molar-refractivity contribution in [1.29, 1.82) is 0 Å². The Labute approximate surface area is 109 Å². The van der Waals surface area contributed by atoms with Crippen molar-refractivity contribution in [3.8, 4) is 0 Å². The van der Waals surface area contributed by atoms with Gasteiger partial charge < -0.3 is 21.5 Å². The Bertz CT molecular complexity index is 461. The number of carbonyl (C=O) groups excluding carboxylic acids is 2. The van der Waals surface area contributed by atoms with Crippen LogP contribution in [-0.4, -0.2) is 29.6 Å². The molecule has 0 aliphatic rings. The van der Waals surface area contributed by atoms with E-state index >= 15 is 0 Å². The molecule has 19 heavy (non-hydrogen) atoms. The third-order valence-corrected chi connectivity index (χ3v) is 2.32. The number of carbonyl (C=O) groups is 3. The van der Waals surface area contributed by atoms with Crippen LogP contribution in [0.3, 0.4) is 0 Å². The molecule has 1 aromatic rings. The molecule has 1 unspecified atom stereocenters. The third-order valence-electron chi connectivity index (χ3n) is 2.32. The molecule has 102 valence electrons. The highest BCUT2D eigenvalue weighted by Crippen LogP contribution is 2.12. The Kier molecular flexibility index (Phi) is 5.34. The second-order valence-electron chi connectivity index (χ2n) is 3.79. The summed E-state index contributed by atoms with van der Waals surface area (Å²) in [5.41, 5.74) is 5.59. The molecule has 0 spiro atoms. The number of amides is 3. The van der Waals surface area contributed by atoms with Gasteiger partial charge in [-0.1, -0.05) is 30.3 Å². The van der Waals surface area contributed by atoms with Crippen molar-refractivity contribution in [3.63, 3.8) is 0 Å². The van der Waals surface area contributed by atoms with Crippen LogP contribution >= 0.6 is 0 Å². The van der Waals surface area contributed by atoms with Gasteiger partial charge in [0.05, 0.1) is 6.42 Å². The van der Waals surface area contributed by atoms with E-state index in [1.807, 2.05) is 0 Å². The van der Waals surface area contributed by atoms with Gasteiger partial charge in [0, 0.05) is 6.54 Å². The highest BCUT2D eigenvalue weighted by atomic mass is 16.4. The molecule has 3 amide bonds. The molecule has 1 rings (SSSR count). The molecular formula is C12H15N3O4. The van der Waals surface area contributed by atoms with Gasteiger partial charge in [-0.25, -0.2) is 4.79 Å². The Morgan fingerprint density at radius 3 is 2.37 bits per heavy atom. The Balaban J connectivity index is 2.71. The van der Waals surface area contributed by atoms with Gasteiger partial charge in [0.15, 0.2) is 0 Å². The molecule has 0 bridgehead atoms. The minimum atomic E-state index is -1.01. The molecule has 0 aliphatic carbocycles. The van der Waals surface area contributed by atoms with Gasteiger partial charge in [0.2, 0.25) is 5.91 Å². The zero-order valence-electron chi connectivity index (χ0n) is 10.1. The van der Waals surface area contributed by atoms with E-state index in [9.17, 15) is 14.4 Å². The molecule has 7 nitrogen and oxygen atoms in total. The van der Waals surface area contributed by atoms with Crippen LogP contribution in [-0.2, 0) is 9.59 Å². The molecule has 0 saturated heterocycles. The lowest BCUT2D eigenvalue weighted by atomic mass is 10.1.